The van der Waals surface area contributed by atoms with Crippen molar-refractivity contribution in [2.45, 2.75) is 13.8 Å². The van der Waals surface area contributed by atoms with E-state index in [-0.39, 0.29) is 11.3 Å². The highest BCUT2D eigenvalue weighted by Crippen LogP contribution is 2.17. The third-order valence-electron chi connectivity index (χ3n) is 3.14. The number of rotatable bonds is 4. The second-order valence-corrected chi connectivity index (χ2v) is 4.83. The first-order valence-corrected chi connectivity index (χ1v) is 6.63. The molecule has 0 fully saturated rings. The van der Waals surface area contributed by atoms with Crippen molar-refractivity contribution in [1.29, 1.82) is 0 Å². The zero-order valence-electron chi connectivity index (χ0n) is 12.2. The van der Waals surface area contributed by atoms with Gasteiger partial charge in [0, 0.05) is 6.07 Å². The van der Waals surface area contributed by atoms with Crippen LogP contribution in [-0.4, -0.2) is 17.0 Å². The minimum absolute atomic E-state index is 0.0229. The van der Waals surface area contributed by atoms with Crippen molar-refractivity contribution >= 4 is 17.8 Å². The van der Waals surface area contributed by atoms with E-state index in [1.165, 1.54) is 24.4 Å². The second kappa shape index (κ2) is 6.62. The van der Waals surface area contributed by atoms with E-state index in [4.69, 9.17) is 0 Å². The Labute approximate surface area is 127 Å². The van der Waals surface area contributed by atoms with Crippen LogP contribution in [0.15, 0.2) is 47.6 Å². The SMILES string of the molecule is Cc1ccc(/C=N\NC(=O)c2ccccc2[N+](=O)[O-])c(C)c1. The third kappa shape index (κ3) is 3.54. The van der Waals surface area contributed by atoms with E-state index < -0.39 is 10.8 Å². The molecule has 22 heavy (non-hydrogen) atoms. The first kappa shape index (κ1) is 15.4. The van der Waals surface area contributed by atoms with E-state index in [0.29, 0.717) is 0 Å². The molecule has 6 heteroatoms. The smallest absolute Gasteiger partial charge is 0.267 e. The van der Waals surface area contributed by atoms with Crippen LogP contribution in [0, 0.1) is 24.0 Å². The molecule has 6 nitrogen and oxygen atoms in total. The molecule has 0 aliphatic rings. The lowest BCUT2D eigenvalue weighted by Gasteiger charge is -2.03. The summed E-state index contributed by atoms with van der Waals surface area (Å²) >= 11 is 0. The first-order chi connectivity index (χ1) is 10.5. The number of hydrogen-bond donors (Lipinski definition) is 1. The number of carbonyl (C=O) groups is 1. The summed E-state index contributed by atoms with van der Waals surface area (Å²) in [6.45, 7) is 3.93. The fourth-order valence-electron chi connectivity index (χ4n) is 2.02. The Hall–Kier alpha value is -3.02. The summed E-state index contributed by atoms with van der Waals surface area (Å²) in [5.41, 5.74) is 5.08. The van der Waals surface area contributed by atoms with Crippen molar-refractivity contribution in [3.63, 3.8) is 0 Å². The van der Waals surface area contributed by atoms with Crippen LogP contribution >= 0.6 is 0 Å². The number of benzene rings is 2. The van der Waals surface area contributed by atoms with Gasteiger partial charge in [-0.05, 0) is 31.0 Å². The fourth-order valence-corrected chi connectivity index (χ4v) is 2.02. The van der Waals surface area contributed by atoms with Crippen LogP contribution in [0.25, 0.3) is 0 Å². The standard InChI is InChI=1S/C16H15N3O3/c1-11-7-8-13(12(2)9-11)10-17-18-16(20)14-5-3-4-6-15(14)19(21)22/h3-10H,1-2H3,(H,18,20)/b17-10-. The summed E-state index contributed by atoms with van der Waals surface area (Å²) in [6.07, 6.45) is 1.52. The second-order valence-electron chi connectivity index (χ2n) is 4.83. The highest BCUT2D eigenvalue weighted by molar-refractivity contribution is 5.98. The number of nitro benzene ring substituents is 1. The largest absolute Gasteiger partial charge is 0.282 e. The van der Waals surface area contributed by atoms with E-state index >= 15 is 0 Å². The lowest BCUT2D eigenvalue weighted by atomic mass is 10.1. The average molecular weight is 297 g/mol. The van der Waals surface area contributed by atoms with E-state index in [0.717, 1.165) is 16.7 Å². The molecular formula is C16H15N3O3. The number of amides is 1. The number of hydrazone groups is 1. The fraction of sp³-hybridized carbons (Fsp3) is 0.125. The monoisotopic (exact) mass is 297 g/mol. The van der Waals surface area contributed by atoms with Gasteiger partial charge in [0.25, 0.3) is 11.6 Å². The van der Waals surface area contributed by atoms with Gasteiger partial charge in [0.1, 0.15) is 5.56 Å². The van der Waals surface area contributed by atoms with E-state index in [9.17, 15) is 14.9 Å². The van der Waals surface area contributed by atoms with Crippen molar-refractivity contribution in [2.75, 3.05) is 0 Å². The van der Waals surface area contributed by atoms with Gasteiger partial charge in [-0.3, -0.25) is 14.9 Å². The van der Waals surface area contributed by atoms with Crippen molar-refractivity contribution < 1.29 is 9.72 Å². The summed E-state index contributed by atoms with van der Waals surface area (Å²) < 4.78 is 0. The summed E-state index contributed by atoms with van der Waals surface area (Å²) in [7, 11) is 0. The maximum Gasteiger partial charge on any atom is 0.282 e. The van der Waals surface area contributed by atoms with Gasteiger partial charge >= 0.3 is 0 Å². The van der Waals surface area contributed by atoms with Crippen LogP contribution in [0.2, 0.25) is 0 Å². The van der Waals surface area contributed by atoms with Gasteiger partial charge in [-0.15, -0.1) is 0 Å². The molecule has 0 bridgehead atoms. The number of para-hydroxylation sites is 1. The normalized spacial score (nSPS) is 10.6. The molecule has 2 aromatic rings. The number of nitrogens with zero attached hydrogens (tertiary/aromatic N) is 2. The topological polar surface area (TPSA) is 84.6 Å². The van der Waals surface area contributed by atoms with Crippen molar-refractivity contribution in [3.05, 3.63) is 74.8 Å². The van der Waals surface area contributed by atoms with E-state index in [1.54, 1.807) is 6.07 Å². The van der Waals surface area contributed by atoms with Crippen LogP contribution in [0.3, 0.4) is 0 Å². The predicted octanol–water partition coefficient (Wildman–Crippen LogP) is 2.98. The maximum absolute atomic E-state index is 12.0. The first-order valence-electron chi connectivity index (χ1n) is 6.63. The molecule has 0 saturated heterocycles. The van der Waals surface area contributed by atoms with Gasteiger partial charge in [0.2, 0.25) is 0 Å². The lowest BCUT2D eigenvalue weighted by molar-refractivity contribution is -0.385. The Morgan fingerprint density at radius 2 is 1.95 bits per heavy atom. The van der Waals surface area contributed by atoms with Crippen LogP contribution in [0.4, 0.5) is 5.69 Å². The van der Waals surface area contributed by atoms with Crippen LogP contribution in [0.5, 0.6) is 0 Å². The van der Waals surface area contributed by atoms with Crippen LogP contribution < -0.4 is 5.43 Å². The minimum atomic E-state index is -0.617. The molecule has 1 amide bonds. The molecule has 2 aromatic carbocycles. The maximum atomic E-state index is 12.0. The Morgan fingerprint density at radius 3 is 2.64 bits per heavy atom. The number of carbonyl (C=O) groups excluding carboxylic acids is 1. The Morgan fingerprint density at radius 1 is 1.23 bits per heavy atom. The van der Waals surface area contributed by atoms with E-state index in [1.807, 2.05) is 32.0 Å². The van der Waals surface area contributed by atoms with Gasteiger partial charge in [0.15, 0.2) is 0 Å². The molecule has 0 aliphatic carbocycles. The predicted molar refractivity (Wildman–Crippen MR) is 84.1 cm³/mol. The molecule has 112 valence electrons. The zero-order valence-corrected chi connectivity index (χ0v) is 12.2. The van der Waals surface area contributed by atoms with Gasteiger partial charge in [-0.1, -0.05) is 35.9 Å². The quantitative estimate of drug-likeness (QED) is 0.535. The van der Waals surface area contributed by atoms with Gasteiger partial charge in [-0.2, -0.15) is 5.10 Å². The zero-order chi connectivity index (χ0) is 16.1. The van der Waals surface area contributed by atoms with Crippen LogP contribution in [-0.2, 0) is 0 Å². The highest BCUT2D eigenvalue weighted by atomic mass is 16.6. The van der Waals surface area contributed by atoms with Gasteiger partial charge in [-0.25, -0.2) is 5.43 Å². The number of hydrogen-bond acceptors (Lipinski definition) is 4. The van der Waals surface area contributed by atoms with Crippen molar-refractivity contribution in [3.8, 4) is 0 Å². The molecule has 0 radical (unpaired) electrons. The minimum Gasteiger partial charge on any atom is -0.267 e. The summed E-state index contributed by atoms with van der Waals surface area (Å²) in [5.74, 6) is -0.617. The van der Waals surface area contributed by atoms with Crippen molar-refractivity contribution in [2.24, 2.45) is 5.10 Å². The Kier molecular flexibility index (Phi) is 4.63. The molecular weight excluding hydrogens is 282 g/mol. The molecule has 0 aliphatic heterocycles. The average Bonchev–Trinajstić information content (AvgIpc) is 2.49. The third-order valence-corrected chi connectivity index (χ3v) is 3.14. The molecule has 0 heterocycles. The highest BCUT2D eigenvalue weighted by Gasteiger charge is 2.18. The lowest BCUT2D eigenvalue weighted by Crippen LogP contribution is -2.19. The molecule has 0 aromatic heterocycles. The summed E-state index contributed by atoms with van der Waals surface area (Å²) in [6, 6.07) is 11.6. The molecule has 2 rings (SSSR count). The molecule has 0 unspecified atom stereocenters. The number of aryl methyl sites for hydroxylation is 2. The molecule has 0 saturated carbocycles. The number of nitrogens with one attached hydrogen (secondary N) is 1. The van der Waals surface area contributed by atoms with Gasteiger partial charge in [0.05, 0.1) is 11.1 Å². The Balaban J connectivity index is 2.13. The molecule has 0 atom stereocenters. The van der Waals surface area contributed by atoms with Crippen LogP contribution in [0.1, 0.15) is 27.0 Å². The van der Waals surface area contributed by atoms with E-state index in [2.05, 4.69) is 10.5 Å². The summed E-state index contributed by atoms with van der Waals surface area (Å²) in [5, 5.41) is 14.7. The van der Waals surface area contributed by atoms with Gasteiger partial charge < -0.3 is 0 Å². The number of nitro groups is 1. The molecule has 0 spiro atoms. The Bertz CT molecular complexity index is 754. The molecule has 1 N–H and O–H groups in total. The summed E-state index contributed by atoms with van der Waals surface area (Å²) in [4.78, 5) is 22.3. The van der Waals surface area contributed by atoms with Crippen molar-refractivity contribution in [1.82, 2.24) is 5.43 Å².